The van der Waals surface area contributed by atoms with E-state index < -0.39 is 16.7 Å². The van der Waals surface area contributed by atoms with E-state index in [1.165, 1.54) is 30.5 Å². The van der Waals surface area contributed by atoms with Crippen LogP contribution in [0.15, 0.2) is 59.7 Å². The van der Waals surface area contributed by atoms with Gasteiger partial charge in [-0.3, -0.25) is 19.7 Å². The number of nitro benzene ring substituents is 1. The fraction of sp³-hybridized carbons (Fsp3) is 0.118. The Morgan fingerprint density at radius 1 is 1.08 bits per heavy atom. The smallest absolute Gasteiger partial charge is 0.329 e. The van der Waals surface area contributed by atoms with Crippen molar-refractivity contribution in [3.8, 4) is 0 Å². The summed E-state index contributed by atoms with van der Waals surface area (Å²) in [5.41, 5.74) is 3.48. The number of nitro groups is 1. The molecule has 1 unspecified atom stereocenters. The van der Waals surface area contributed by atoms with Crippen molar-refractivity contribution >= 4 is 23.7 Å². The Labute approximate surface area is 143 Å². The van der Waals surface area contributed by atoms with Crippen LogP contribution in [0.5, 0.6) is 0 Å². The first kappa shape index (κ1) is 17.8. The third kappa shape index (κ3) is 5.24. The van der Waals surface area contributed by atoms with Crippen LogP contribution < -0.4 is 10.7 Å². The maximum atomic E-state index is 11.8. The molecular weight excluding hydrogens is 324 g/mol. The predicted octanol–water partition coefficient (Wildman–Crippen LogP) is 1.92. The molecule has 0 saturated heterocycles. The molecule has 8 heteroatoms. The van der Waals surface area contributed by atoms with Gasteiger partial charge in [0.1, 0.15) is 0 Å². The van der Waals surface area contributed by atoms with Gasteiger partial charge in [-0.15, -0.1) is 0 Å². The summed E-state index contributed by atoms with van der Waals surface area (Å²) >= 11 is 0. The number of nitrogens with one attached hydrogen (secondary N) is 2. The van der Waals surface area contributed by atoms with Crippen LogP contribution in [0.1, 0.15) is 24.1 Å². The number of hydrogen-bond acceptors (Lipinski definition) is 5. The fourth-order valence-electron chi connectivity index (χ4n) is 1.99. The molecule has 0 bridgehead atoms. The number of non-ortho nitro benzene ring substituents is 1. The second-order valence-electron chi connectivity index (χ2n) is 5.15. The summed E-state index contributed by atoms with van der Waals surface area (Å²) in [6.45, 7) is 1.76. The average molecular weight is 340 g/mol. The summed E-state index contributed by atoms with van der Waals surface area (Å²) in [5, 5.41) is 16.8. The van der Waals surface area contributed by atoms with E-state index in [4.69, 9.17) is 0 Å². The largest absolute Gasteiger partial charge is 0.341 e. The van der Waals surface area contributed by atoms with E-state index >= 15 is 0 Å². The van der Waals surface area contributed by atoms with E-state index in [1.807, 2.05) is 30.3 Å². The van der Waals surface area contributed by atoms with Crippen LogP contribution in [0.4, 0.5) is 5.69 Å². The van der Waals surface area contributed by atoms with Crippen molar-refractivity contribution in [1.82, 2.24) is 10.7 Å². The van der Waals surface area contributed by atoms with Gasteiger partial charge in [0.05, 0.1) is 17.2 Å². The Morgan fingerprint density at radius 2 is 1.72 bits per heavy atom. The number of rotatable bonds is 5. The predicted molar refractivity (Wildman–Crippen MR) is 91.8 cm³/mol. The highest BCUT2D eigenvalue weighted by Gasteiger charge is 2.16. The lowest BCUT2D eigenvalue weighted by Gasteiger charge is -2.13. The molecule has 0 fully saturated rings. The van der Waals surface area contributed by atoms with E-state index in [-0.39, 0.29) is 11.7 Å². The van der Waals surface area contributed by atoms with Gasteiger partial charge in [-0.2, -0.15) is 5.10 Å². The Kier molecular flexibility index (Phi) is 5.94. The molecule has 2 aromatic carbocycles. The van der Waals surface area contributed by atoms with E-state index in [1.54, 1.807) is 6.92 Å². The molecule has 2 rings (SSSR count). The van der Waals surface area contributed by atoms with Gasteiger partial charge < -0.3 is 5.32 Å². The molecule has 0 aromatic heterocycles. The van der Waals surface area contributed by atoms with Crippen molar-refractivity contribution in [2.75, 3.05) is 0 Å². The minimum absolute atomic E-state index is 0.0459. The van der Waals surface area contributed by atoms with Crippen LogP contribution in [-0.4, -0.2) is 23.0 Å². The summed E-state index contributed by atoms with van der Waals surface area (Å²) in [6, 6.07) is 14.5. The van der Waals surface area contributed by atoms with Crippen LogP contribution in [0, 0.1) is 10.1 Å². The van der Waals surface area contributed by atoms with Crippen molar-refractivity contribution < 1.29 is 14.5 Å². The number of carbonyl (C=O) groups excluding carboxylic acids is 2. The highest BCUT2D eigenvalue weighted by atomic mass is 16.6. The topological polar surface area (TPSA) is 114 Å². The first-order chi connectivity index (χ1) is 12.0. The number of hydrogen-bond donors (Lipinski definition) is 2. The van der Waals surface area contributed by atoms with Gasteiger partial charge in [0.15, 0.2) is 0 Å². The molecule has 2 N–H and O–H groups in total. The summed E-state index contributed by atoms with van der Waals surface area (Å²) < 4.78 is 0. The maximum absolute atomic E-state index is 11.8. The van der Waals surface area contributed by atoms with Crippen LogP contribution in [0.3, 0.4) is 0 Å². The van der Waals surface area contributed by atoms with Crippen LogP contribution in [0.2, 0.25) is 0 Å². The van der Waals surface area contributed by atoms with Crippen molar-refractivity contribution in [2.24, 2.45) is 5.10 Å². The first-order valence-electron chi connectivity index (χ1n) is 7.40. The van der Waals surface area contributed by atoms with Gasteiger partial charge in [0.25, 0.3) is 5.69 Å². The molecule has 0 heterocycles. The number of nitrogens with zero attached hydrogens (tertiary/aromatic N) is 2. The fourth-order valence-corrected chi connectivity index (χ4v) is 1.99. The number of hydrazone groups is 1. The van der Waals surface area contributed by atoms with Crippen molar-refractivity contribution in [2.45, 2.75) is 13.0 Å². The molecule has 0 aliphatic carbocycles. The molecule has 0 aliphatic heterocycles. The van der Waals surface area contributed by atoms with Crippen LogP contribution in [0.25, 0.3) is 0 Å². The monoisotopic (exact) mass is 340 g/mol. The Morgan fingerprint density at radius 3 is 2.32 bits per heavy atom. The number of amides is 2. The lowest BCUT2D eigenvalue weighted by Crippen LogP contribution is -2.39. The normalized spacial score (nSPS) is 11.7. The Bertz CT molecular complexity index is 788. The summed E-state index contributed by atoms with van der Waals surface area (Å²) in [6.07, 6.45) is 1.29. The molecule has 2 aromatic rings. The van der Waals surface area contributed by atoms with Gasteiger partial charge >= 0.3 is 11.8 Å². The molecule has 8 nitrogen and oxygen atoms in total. The lowest BCUT2D eigenvalue weighted by atomic mass is 10.1. The van der Waals surface area contributed by atoms with E-state index in [0.29, 0.717) is 5.56 Å². The minimum Gasteiger partial charge on any atom is -0.341 e. The Hall–Kier alpha value is -3.55. The van der Waals surface area contributed by atoms with E-state index in [9.17, 15) is 19.7 Å². The molecule has 0 aliphatic rings. The average Bonchev–Trinajstić information content (AvgIpc) is 2.62. The molecule has 0 radical (unpaired) electrons. The maximum Gasteiger partial charge on any atom is 0.329 e. The van der Waals surface area contributed by atoms with Gasteiger partial charge in [-0.05, 0) is 30.2 Å². The quantitative estimate of drug-likeness (QED) is 0.374. The van der Waals surface area contributed by atoms with Gasteiger partial charge in [0.2, 0.25) is 0 Å². The third-order valence-corrected chi connectivity index (χ3v) is 3.34. The van der Waals surface area contributed by atoms with Gasteiger partial charge in [-0.25, -0.2) is 5.43 Å². The molecule has 2 amide bonds. The van der Waals surface area contributed by atoms with E-state index in [0.717, 1.165) is 5.56 Å². The Balaban J connectivity index is 1.86. The molecule has 0 saturated carbocycles. The molecule has 0 spiro atoms. The SMILES string of the molecule is CC(NC(=O)C(=O)N/N=C\c1ccc([N+](=O)[O-])cc1)c1ccccc1. The minimum atomic E-state index is -0.902. The van der Waals surface area contributed by atoms with E-state index in [2.05, 4.69) is 15.8 Å². The van der Waals surface area contributed by atoms with Crippen LogP contribution >= 0.6 is 0 Å². The third-order valence-electron chi connectivity index (χ3n) is 3.34. The summed E-state index contributed by atoms with van der Waals surface area (Å²) in [4.78, 5) is 33.6. The van der Waals surface area contributed by atoms with Crippen molar-refractivity contribution in [3.05, 3.63) is 75.8 Å². The molecule has 25 heavy (non-hydrogen) atoms. The highest BCUT2D eigenvalue weighted by molar-refractivity contribution is 6.35. The second kappa shape index (κ2) is 8.34. The summed E-state index contributed by atoms with van der Waals surface area (Å²) in [5.74, 6) is -1.71. The first-order valence-corrected chi connectivity index (χ1v) is 7.40. The van der Waals surface area contributed by atoms with Crippen molar-refractivity contribution in [1.29, 1.82) is 0 Å². The second-order valence-corrected chi connectivity index (χ2v) is 5.15. The summed E-state index contributed by atoms with van der Waals surface area (Å²) in [7, 11) is 0. The van der Waals surface area contributed by atoms with Crippen molar-refractivity contribution in [3.63, 3.8) is 0 Å². The van der Waals surface area contributed by atoms with Gasteiger partial charge in [0, 0.05) is 12.1 Å². The molecule has 128 valence electrons. The standard InChI is InChI=1S/C17H16N4O4/c1-12(14-5-3-2-4-6-14)19-16(22)17(23)20-18-11-13-7-9-15(10-8-13)21(24)25/h2-12H,1H3,(H,19,22)(H,20,23)/b18-11-. The highest BCUT2D eigenvalue weighted by Crippen LogP contribution is 2.11. The van der Waals surface area contributed by atoms with Gasteiger partial charge in [-0.1, -0.05) is 30.3 Å². The zero-order valence-corrected chi connectivity index (χ0v) is 13.4. The number of carbonyl (C=O) groups is 2. The zero-order valence-electron chi connectivity index (χ0n) is 13.4. The molecular formula is C17H16N4O4. The lowest BCUT2D eigenvalue weighted by molar-refractivity contribution is -0.384. The molecule has 1 atom stereocenters. The number of benzene rings is 2. The van der Waals surface area contributed by atoms with Crippen LogP contribution in [-0.2, 0) is 9.59 Å². The zero-order chi connectivity index (χ0) is 18.2.